The molecule has 0 fully saturated rings. The van der Waals surface area contributed by atoms with Gasteiger partial charge in [0.15, 0.2) is 0 Å². The van der Waals surface area contributed by atoms with Crippen LogP contribution in [0.3, 0.4) is 0 Å². The van der Waals surface area contributed by atoms with Gasteiger partial charge in [0.05, 0.1) is 11.3 Å². The van der Waals surface area contributed by atoms with E-state index < -0.39 is 0 Å². The molecule has 0 amide bonds. The van der Waals surface area contributed by atoms with Crippen molar-refractivity contribution in [3.63, 3.8) is 0 Å². The van der Waals surface area contributed by atoms with Gasteiger partial charge in [0.25, 0.3) is 0 Å². The lowest BCUT2D eigenvalue weighted by atomic mass is 10.2. The smallest absolute Gasteiger partial charge is 0.119 e. The van der Waals surface area contributed by atoms with Crippen molar-refractivity contribution in [3.05, 3.63) is 59.6 Å². The number of nitrogens with zero attached hydrogens (tertiary/aromatic N) is 2. The van der Waals surface area contributed by atoms with Gasteiger partial charge in [0, 0.05) is 22.3 Å². The van der Waals surface area contributed by atoms with Crippen molar-refractivity contribution in [1.82, 2.24) is 5.10 Å². The average molecular weight is 344 g/mol. The number of benzene rings is 2. The SMILES string of the molecule is C#CCSc1n[n+](-c2ccccc2)c(-c2ccc(Cl)cc2)s1. The van der Waals surface area contributed by atoms with Crippen LogP contribution in [-0.2, 0) is 0 Å². The monoisotopic (exact) mass is 343 g/mol. The highest BCUT2D eigenvalue weighted by Gasteiger charge is 2.24. The molecule has 2 aromatic carbocycles. The Bertz CT molecular complexity index is 805. The Hall–Kier alpha value is -1.80. The molecule has 0 radical (unpaired) electrons. The van der Waals surface area contributed by atoms with Crippen LogP contribution in [0.25, 0.3) is 16.3 Å². The first-order valence-corrected chi connectivity index (χ1v) is 8.77. The molecule has 5 heteroatoms. The molecule has 0 spiro atoms. The van der Waals surface area contributed by atoms with Gasteiger partial charge in [0.2, 0.25) is 10.0 Å². The fraction of sp³-hybridized carbons (Fsp3) is 0.0588. The second-order valence-corrected chi connectivity index (χ2v) is 7.06. The molecule has 3 aromatic rings. The zero-order valence-electron chi connectivity index (χ0n) is 11.6. The van der Waals surface area contributed by atoms with E-state index in [1.807, 2.05) is 59.3 Å². The van der Waals surface area contributed by atoms with Gasteiger partial charge in [-0.05, 0) is 40.3 Å². The molecule has 0 aliphatic heterocycles. The molecule has 0 saturated heterocycles. The Morgan fingerprint density at radius 3 is 2.55 bits per heavy atom. The summed E-state index contributed by atoms with van der Waals surface area (Å²) in [7, 11) is 0. The predicted octanol–water partition coefficient (Wildman–Crippen LogP) is 4.47. The van der Waals surface area contributed by atoms with Gasteiger partial charge in [-0.2, -0.15) is 0 Å². The molecule has 1 heterocycles. The van der Waals surface area contributed by atoms with Gasteiger partial charge >= 0.3 is 5.01 Å². The highest BCUT2D eigenvalue weighted by atomic mass is 35.5. The molecular formula is C17H12ClN2S2+. The number of terminal acetylenes is 1. The topological polar surface area (TPSA) is 16.8 Å². The van der Waals surface area contributed by atoms with E-state index in [9.17, 15) is 0 Å². The van der Waals surface area contributed by atoms with Crippen molar-refractivity contribution in [2.24, 2.45) is 0 Å². The van der Waals surface area contributed by atoms with Crippen LogP contribution in [0, 0.1) is 12.3 Å². The molecule has 0 N–H and O–H groups in total. The Morgan fingerprint density at radius 1 is 1.14 bits per heavy atom. The van der Waals surface area contributed by atoms with Crippen LogP contribution in [0.5, 0.6) is 0 Å². The lowest BCUT2D eigenvalue weighted by molar-refractivity contribution is -0.646. The molecular weight excluding hydrogens is 332 g/mol. The molecule has 0 bridgehead atoms. The quantitative estimate of drug-likeness (QED) is 0.395. The van der Waals surface area contributed by atoms with Crippen molar-refractivity contribution in [1.29, 1.82) is 0 Å². The molecule has 3 rings (SSSR count). The third kappa shape index (κ3) is 3.33. The van der Waals surface area contributed by atoms with E-state index in [0.717, 1.165) is 25.6 Å². The molecule has 0 unspecified atom stereocenters. The normalized spacial score (nSPS) is 10.4. The van der Waals surface area contributed by atoms with E-state index in [0.29, 0.717) is 5.75 Å². The van der Waals surface area contributed by atoms with Crippen molar-refractivity contribution in [2.45, 2.75) is 4.34 Å². The Balaban J connectivity index is 2.08. The summed E-state index contributed by atoms with van der Waals surface area (Å²) in [6, 6.07) is 17.9. The lowest BCUT2D eigenvalue weighted by Crippen LogP contribution is -2.34. The minimum absolute atomic E-state index is 0.613. The van der Waals surface area contributed by atoms with Crippen molar-refractivity contribution < 1.29 is 4.68 Å². The zero-order chi connectivity index (χ0) is 15.4. The van der Waals surface area contributed by atoms with Gasteiger partial charge in [-0.1, -0.05) is 47.5 Å². The minimum Gasteiger partial charge on any atom is -0.119 e. The van der Waals surface area contributed by atoms with Gasteiger partial charge in [-0.3, -0.25) is 0 Å². The first-order valence-electron chi connectivity index (χ1n) is 6.59. The van der Waals surface area contributed by atoms with E-state index in [4.69, 9.17) is 18.0 Å². The van der Waals surface area contributed by atoms with Gasteiger partial charge in [-0.15, -0.1) is 6.42 Å². The molecule has 0 atom stereocenters. The maximum Gasteiger partial charge on any atom is 0.303 e. The summed E-state index contributed by atoms with van der Waals surface area (Å²) in [4.78, 5) is 0. The van der Waals surface area contributed by atoms with Crippen LogP contribution < -0.4 is 4.68 Å². The van der Waals surface area contributed by atoms with Gasteiger partial charge in [0.1, 0.15) is 0 Å². The largest absolute Gasteiger partial charge is 0.303 e. The molecule has 0 aliphatic rings. The average Bonchev–Trinajstić information content (AvgIpc) is 2.98. The van der Waals surface area contributed by atoms with Crippen molar-refractivity contribution in [2.75, 3.05) is 5.75 Å². The summed E-state index contributed by atoms with van der Waals surface area (Å²) in [5, 5.41) is 6.47. The molecule has 108 valence electrons. The number of hydrogen-bond donors (Lipinski definition) is 0. The van der Waals surface area contributed by atoms with Crippen LogP contribution in [-0.4, -0.2) is 10.9 Å². The molecule has 2 nitrogen and oxygen atoms in total. The molecule has 0 aliphatic carbocycles. The first kappa shape index (κ1) is 15.1. The van der Waals surface area contributed by atoms with Crippen molar-refractivity contribution in [3.8, 4) is 28.6 Å². The number of para-hydroxylation sites is 1. The fourth-order valence-electron chi connectivity index (χ4n) is 1.95. The maximum absolute atomic E-state index is 5.98. The second-order valence-electron chi connectivity index (χ2n) is 4.42. The number of hydrogen-bond acceptors (Lipinski definition) is 3. The van der Waals surface area contributed by atoms with E-state index in [2.05, 4.69) is 11.0 Å². The maximum atomic E-state index is 5.98. The zero-order valence-corrected chi connectivity index (χ0v) is 14.0. The van der Waals surface area contributed by atoms with Crippen LogP contribution in [0.2, 0.25) is 5.02 Å². The standard InChI is InChI=1S/C17H12ClN2S2/c1-2-12-21-17-19-20(15-6-4-3-5-7-15)16(22-17)13-8-10-14(18)11-9-13/h1,3-11H,12H2/q+1. The number of aromatic nitrogens is 2. The fourth-order valence-corrected chi connectivity index (χ4v) is 3.85. The predicted molar refractivity (Wildman–Crippen MR) is 93.6 cm³/mol. The molecule has 0 saturated carbocycles. The summed E-state index contributed by atoms with van der Waals surface area (Å²) < 4.78 is 2.90. The Kier molecular flexibility index (Phi) is 4.79. The van der Waals surface area contributed by atoms with Crippen LogP contribution >= 0.6 is 34.7 Å². The van der Waals surface area contributed by atoms with E-state index in [-0.39, 0.29) is 0 Å². The summed E-state index contributed by atoms with van der Waals surface area (Å²) in [6.45, 7) is 0. The van der Waals surface area contributed by atoms with Crippen molar-refractivity contribution >= 4 is 34.7 Å². The number of thioether (sulfide) groups is 1. The lowest BCUT2D eigenvalue weighted by Gasteiger charge is -1.95. The molecule has 22 heavy (non-hydrogen) atoms. The van der Waals surface area contributed by atoms with E-state index >= 15 is 0 Å². The summed E-state index contributed by atoms with van der Waals surface area (Å²) >= 11 is 9.19. The van der Waals surface area contributed by atoms with Gasteiger partial charge in [-0.25, -0.2) is 0 Å². The number of halogens is 1. The third-order valence-electron chi connectivity index (χ3n) is 2.93. The number of rotatable bonds is 4. The third-order valence-corrected chi connectivity index (χ3v) is 5.28. The van der Waals surface area contributed by atoms with Gasteiger partial charge < -0.3 is 0 Å². The summed E-state index contributed by atoms with van der Waals surface area (Å²) in [6.07, 6.45) is 5.34. The van der Waals surface area contributed by atoms with E-state index in [1.165, 1.54) is 0 Å². The Labute approximate surface area is 142 Å². The first-order chi connectivity index (χ1) is 10.8. The molecule has 1 aromatic heterocycles. The highest BCUT2D eigenvalue weighted by Crippen LogP contribution is 2.29. The van der Waals surface area contributed by atoms with Crippen LogP contribution in [0.1, 0.15) is 0 Å². The minimum atomic E-state index is 0.613. The Morgan fingerprint density at radius 2 is 1.86 bits per heavy atom. The summed E-state index contributed by atoms with van der Waals surface area (Å²) in [5.74, 6) is 3.25. The highest BCUT2D eigenvalue weighted by molar-refractivity contribution is 8.01. The van der Waals surface area contributed by atoms with E-state index in [1.54, 1.807) is 23.1 Å². The summed E-state index contributed by atoms with van der Waals surface area (Å²) in [5.41, 5.74) is 2.11. The van der Waals surface area contributed by atoms with Crippen LogP contribution in [0.4, 0.5) is 0 Å². The second kappa shape index (κ2) is 6.97. The van der Waals surface area contributed by atoms with Crippen LogP contribution in [0.15, 0.2) is 58.9 Å².